The first kappa shape index (κ1) is 19.5. The molecule has 1 saturated heterocycles. The number of halogens is 1. The SMILES string of the molecule is Cc1ccc(-c2nnc(N3CCN(c4ccccc4F)CC3)c3ccccc23)cc1C. The first-order valence-corrected chi connectivity index (χ1v) is 10.7. The van der Waals surface area contributed by atoms with E-state index in [1.54, 1.807) is 6.07 Å². The molecule has 0 atom stereocenters. The number of anilines is 2. The molecule has 0 aliphatic carbocycles. The molecule has 1 aromatic heterocycles. The molecule has 4 aromatic rings. The summed E-state index contributed by atoms with van der Waals surface area (Å²) in [6, 6.07) is 21.7. The molecule has 0 spiro atoms. The molecule has 156 valence electrons. The number of benzene rings is 3. The summed E-state index contributed by atoms with van der Waals surface area (Å²) in [5.74, 6) is 0.732. The van der Waals surface area contributed by atoms with Crippen LogP contribution in [0, 0.1) is 19.7 Å². The van der Waals surface area contributed by atoms with Gasteiger partial charge in [-0.3, -0.25) is 0 Å². The van der Waals surface area contributed by atoms with E-state index in [4.69, 9.17) is 0 Å². The minimum Gasteiger partial charge on any atom is -0.366 e. The lowest BCUT2D eigenvalue weighted by Gasteiger charge is -2.37. The second-order valence-electron chi connectivity index (χ2n) is 8.14. The number of fused-ring (bicyclic) bond motifs is 1. The largest absolute Gasteiger partial charge is 0.366 e. The van der Waals surface area contributed by atoms with Crippen molar-refractivity contribution in [1.29, 1.82) is 0 Å². The number of aryl methyl sites for hydroxylation is 2. The highest BCUT2D eigenvalue weighted by atomic mass is 19.1. The molecular weight excluding hydrogens is 387 g/mol. The summed E-state index contributed by atoms with van der Waals surface area (Å²) in [5, 5.41) is 11.5. The van der Waals surface area contributed by atoms with Gasteiger partial charge in [-0.05, 0) is 43.2 Å². The van der Waals surface area contributed by atoms with Crippen molar-refractivity contribution in [3.8, 4) is 11.3 Å². The van der Waals surface area contributed by atoms with Crippen LogP contribution in [-0.4, -0.2) is 36.4 Å². The molecule has 2 heterocycles. The molecule has 1 fully saturated rings. The van der Waals surface area contributed by atoms with E-state index in [0.29, 0.717) is 5.69 Å². The Morgan fingerprint density at radius 3 is 2.13 bits per heavy atom. The highest BCUT2D eigenvalue weighted by molar-refractivity contribution is 6.00. The van der Waals surface area contributed by atoms with Gasteiger partial charge in [0.2, 0.25) is 0 Å². The molecule has 5 heteroatoms. The van der Waals surface area contributed by atoms with E-state index in [2.05, 4.69) is 70.2 Å². The molecule has 5 rings (SSSR count). The minimum atomic E-state index is -0.168. The van der Waals surface area contributed by atoms with Crippen LogP contribution in [0.3, 0.4) is 0 Å². The van der Waals surface area contributed by atoms with Crippen LogP contribution in [-0.2, 0) is 0 Å². The lowest BCUT2D eigenvalue weighted by Crippen LogP contribution is -2.47. The van der Waals surface area contributed by atoms with Gasteiger partial charge in [0.15, 0.2) is 5.82 Å². The van der Waals surface area contributed by atoms with E-state index in [1.807, 2.05) is 18.2 Å². The van der Waals surface area contributed by atoms with Crippen molar-refractivity contribution in [3.63, 3.8) is 0 Å². The molecule has 0 saturated carbocycles. The van der Waals surface area contributed by atoms with E-state index >= 15 is 0 Å². The molecule has 1 aliphatic heterocycles. The van der Waals surface area contributed by atoms with E-state index in [9.17, 15) is 4.39 Å². The van der Waals surface area contributed by atoms with Crippen molar-refractivity contribution >= 4 is 22.3 Å². The molecule has 31 heavy (non-hydrogen) atoms. The van der Waals surface area contributed by atoms with Crippen LogP contribution in [0.15, 0.2) is 66.7 Å². The van der Waals surface area contributed by atoms with Gasteiger partial charge < -0.3 is 9.80 Å². The second kappa shape index (κ2) is 7.99. The Bertz CT molecular complexity index is 1250. The molecule has 1 aliphatic rings. The average Bonchev–Trinajstić information content (AvgIpc) is 2.81. The van der Waals surface area contributed by atoms with E-state index in [1.165, 1.54) is 17.2 Å². The van der Waals surface area contributed by atoms with Crippen LogP contribution in [0.25, 0.3) is 22.0 Å². The van der Waals surface area contributed by atoms with Crippen LogP contribution in [0.4, 0.5) is 15.9 Å². The Morgan fingerprint density at radius 2 is 1.39 bits per heavy atom. The zero-order valence-corrected chi connectivity index (χ0v) is 17.8. The van der Waals surface area contributed by atoms with Gasteiger partial charge >= 0.3 is 0 Å². The summed E-state index contributed by atoms with van der Waals surface area (Å²) in [5.41, 5.74) is 5.18. The summed E-state index contributed by atoms with van der Waals surface area (Å²) in [7, 11) is 0. The average molecular weight is 413 g/mol. The van der Waals surface area contributed by atoms with Crippen molar-refractivity contribution in [2.24, 2.45) is 0 Å². The third-order valence-corrected chi connectivity index (χ3v) is 6.22. The van der Waals surface area contributed by atoms with Crippen molar-refractivity contribution in [2.75, 3.05) is 36.0 Å². The molecule has 0 N–H and O–H groups in total. The lowest BCUT2D eigenvalue weighted by atomic mass is 10.0. The topological polar surface area (TPSA) is 32.3 Å². The number of piperazine rings is 1. The maximum Gasteiger partial charge on any atom is 0.159 e. The highest BCUT2D eigenvalue weighted by Crippen LogP contribution is 2.33. The van der Waals surface area contributed by atoms with Gasteiger partial charge in [-0.25, -0.2) is 4.39 Å². The van der Waals surface area contributed by atoms with E-state index in [-0.39, 0.29) is 5.82 Å². The van der Waals surface area contributed by atoms with Crippen LogP contribution in [0.2, 0.25) is 0 Å². The summed E-state index contributed by atoms with van der Waals surface area (Å²) < 4.78 is 14.2. The fourth-order valence-electron chi connectivity index (χ4n) is 4.29. The number of aromatic nitrogens is 2. The maximum atomic E-state index is 14.2. The van der Waals surface area contributed by atoms with Crippen LogP contribution < -0.4 is 9.80 Å². The van der Waals surface area contributed by atoms with Crippen molar-refractivity contribution < 1.29 is 4.39 Å². The standard InChI is InChI=1S/C26H25FN4/c1-18-11-12-20(17-19(18)2)25-21-7-3-4-8-22(21)26(29-28-25)31-15-13-30(14-16-31)24-10-6-5-9-23(24)27/h3-12,17H,13-16H2,1-2H3. The molecule has 0 amide bonds. The first-order valence-electron chi connectivity index (χ1n) is 10.7. The zero-order chi connectivity index (χ0) is 21.4. The number of hydrogen-bond acceptors (Lipinski definition) is 4. The van der Waals surface area contributed by atoms with Crippen LogP contribution in [0.1, 0.15) is 11.1 Å². The van der Waals surface area contributed by atoms with Crippen molar-refractivity contribution in [2.45, 2.75) is 13.8 Å². The fourth-order valence-corrected chi connectivity index (χ4v) is 4.29. The van der Waals surface area contributed by atoms with Gasteiger partial charge in [0.05, 0.1) is 5.69 Å². The third kappa shape index (κ3) is 3.61. The molecule has 0 bridgehead atoms. The van der Waals surface area contributed by atoms with Gasteiger partial charge in [0.1, 0.15) is 11.5 Å². The predicted molar refractivity (Wildman–Crippen MR) is 125 cm³/mol. The number of hydrogen-bond donors (Lipinski definition) is 0. The van der Waals surface area contributed by atoms with Crippen LogP contribution >= 0.6 is 0 Å². The Morgan fingerprint density at radius 1 is 0.710 bits per heavy atom. The summed E-state index contributed by atoms with van der Waals surface area (Å²) in [6.07, 6.45) is 0. The molecule has 4 nitrogen and oxygen atoms in total. The zero-order valence-electron chi connectivity index (χ0n) is 17.8. The first-order chi connectivity index (χ1) is 15.1. The monoisotopic (exact) mass is 412 g/mol. The molecule has 0 radical (unpaired) electrons. The van der Waals surface area contributed by atoms with Crippen molar-refractivity contribution in [1.82, 2.24) is 10.2 Å². The smallest absolute Gasteiger partial charge is 0.159 e. The fraction of sp³-hybridized carbons (Fsp3) is 0.231. The second-order valence-corrected chi connectivity index (χ2v) is 8.14. The van der Waals surface area contributed by atoms with E-state index < -0.39 is 0 Å². The summed E-state index contributed by atoms with van der Waals surface area (Å²) >= 11 is 0. The van der Waals surface area contributed by atoms with Crippen molar-refractivity contribution in [3.05, 3.63) is 83.7 Å². The van der Waals surface area contributed by atoms with E-state index in [0.717, 1.165) is 54.0 Å². The lowest BCUT2D eigenvalue weighted by molar-refractivity contribution is 0.596. The van der Waals surface area contributed by atoms with Gasteiger partial charge in [-0.15, -0.1) is 10.2 Å². The molecule has 3 aromatic carbocycles. The predicted octanol–water partition coefficient (Wildman–Crippen LogP) is 5.38. The summed E-state index contributed by atoms with van der Waals surface area (Å²) in [4.78, 5) is 4.36. The quantitative estimate of drug-likeness (QED) is 0.452. The third-order valence-electron chi connectivity index (χ3n) is 6.22. The minimum absolute atomic E-state index is 0.168. The van der Waals surface area contributed by atoms with Gasteiger partial charge in [-0.1, -0.05) is 48.5 Å². The molecule has 0 unspecified atom stereocenters. The Balaban J connectivity index is 1.47. The maximum absolute atomic E-state index is 14.2. The van der Waals surface area contributed by atoms with Crippen LogP contribution in [0.5, 0.6) is 0 Å². The normalized spacial score (nSPS) is 14.3. The number of rotatable bonds is 3. The Labute approximate surface area is 182 Å². The number of para-hydroxylation sites is 1. The van der Waals surface area contributed by atoms with Gasteiger partial charge in [0, 0.05) is 42.5 Å². The highest BCUT2D eigenvalue weighted by Gasteiger charge is 2.23. The Hall–Kier alpha value is -3.47. The van der Waals surface area contributed by atoms with Gasteiger partial charge in [0.25, 0.3) is 0 Å². The Kier molecular flexibility index (Phi) is 5.02. The van der Waals surface area contributed by atoms with Gasteiger partial charge in [-0.2, -0.15) is 0 Å². The number of nitrogens with zero attached hydrogens (tertiary/aromatic N) is 4. The summed E-state index contributed by atoms with van der Waals surface area (Å²) in [6.45, 7) is 7.28. The molecular formula is C26H25FN4.